The van der Waals surface area contributed by atoms with Gasteiger partial charge in [0.15, 0.2) is 0 Å². The first kappa shape index (κ1) is 19.6. The van der Waals surface area contributed by atoms with Crippen molar-refractivity contribution in [3.05, 3.63) is 40.9 Å². The van der Waals surface area contributed by atoms with Crippen LogP contribution in [0.25, 0.3) is 10.6 Å². The molecule has 150 valence electrons. The van der Waals surface area contributed by atoms with Crippen molar-refractivity contribution >= 4 is 17.3 Å². The van der Waals surface area contributed by atoms with Crippen LogP contribution in [-0.2, 0) is 11.2 Å². The standard InChI is InChI=1S/C22H27NO4S/c1-21-9-8-17(25)22(2,12-24)16(21)11-15-19(14(21)10-18(26)27)23-20(28-15)13-6-4-3-5-7-13/h3-7,14,16-17,24-25H,8-12H2,1-2H3,(H,26,27)/t14-,16+,17-,21+,22+/m1/s1. The summed E-state index contributed by atoms with van der Waals surface area (Å²) in [5.74, 6) is -1.04. The number of aliphatic hydroxyl groups excluding tert-OH is 2. The van der Waals surface area contributed by atoms with E-state index in [1.54, 1.807) is 11.3 Å². The number of carbonyl (C=O) groups is 1. The molecule has 1 aromatic carbocycles. The third kappa shape index (κ3) is 2.90. The minimum atomic E-state index is -0.830. The molecule has 3 N–H and O–H groups in total. The lowest BCUT2D eigenvalue weighted by Gasteiger charge is -2.58. The minimum absolute atomic E-state index is 0.00896. The number of aliphatic carboxylic acids is 1. The molecule has 5 nitrogen and oxygen atoms in total. The Morgan fingerprint density at radius 3 is 2.64 bits per heavy atom. The van der Waals surface area contributed by atoms with E-state index in [1.807, 2.05) is 37.3 Å². The lowest BCUT2D eigenvalue weighted by molar-refractivity contribution is -0.150. The van der Waals surface area contributed by atoms with Crippen LogP contribution < -0.4 is 0 Å². The molecule has 0 saturated heterocycles. The Hall–Kier alpha value is -1.76. The molecular weight excluding hydrogens is 374 g/mol. The number of rotatable bonds is 4. The topological polar surface area (TPSA) is 90.7 Å². The maximum Gasteiger partial charge on any atom is 0.304 e. The highest BCUT2D eigenvalue weighted by Gasteiger charge is 2.59. The number of carboxylic acids is 1. The molecule has 0 radical (unpaired) electrons. The molecule has 1 fully saturated rings. The SMILES string of the molecule is C[C@]1(CO)[C@H]2Cc3sc(-c4ccccc4)nc3[C@@H](CC(=O)O)[C@]2(C)CC[C@H]1O. The van der Waals surface area contributed by atoms with Gasteiger partial charge in [-0.25, -0.2) is 4.98 Å². The van der Waals surface area contributed by atoms with Gasteiger partial charge in [0.05, 0.1) is 24.8 Å². The van der Waals surface area contributed by atoms with Gasteiger partial charge in [0.1, 0.15) is 5.01 Å². The Balaban J connectivity index is 1.85. The summed E-state index contributed by atoms with van der Waals surface area (Å²) in [5.41, 5.74) is 0.985. The van der Waals surface area contributed by atoms with E-state index in [0.717, 1.165) is 34.0 Å². The first-order valence-corrected chi connectivity index (χ1v) is 10.7. The third-order valence-electron chi connectivity index (χ3n) is 7.29. The zero-order valence-corrected chi connectivity index (χ0v) is 17.1. The smallest absolute Gasteiger partial charge is 0.304 e. The molecule has 0 unspecified atom stereocenters. The predicted octanol–water partition coefficient (Wildman–Crippen LogP) is 3.70. The van der Waals surface area contributed by atoms with Gasteiger partial charge in [-0.1, -0.05) is 44.2 Å². The predicted molar refractivity (Wildman–Crippen MR) is 108 cm³/mol. The Morgan fingerprint density at radius 1 is 1.29 bits per heavy atom. The second-order valence-electron chi connectivity index (χ2n) is 8.82. The van der Waals surface area contributed by atoms with E-state index in [0.29, 0.717) is 6.42 Å². The van der Waals surface area contributed by atoms with Crippen molar-refractivity contribution in [1.82, 2.24) is 4.98 Å². The molecule has 1 heterocycles. The van der Waals surface area contributed by atoms with E-state index < -0.39 is 17.5 Å². The zero-order valence-electron chi connectivity index (χ0n) is 16.3. The van der Waals surface area contributed by atoms with Gasteiger partial charge in [-0.3, -0.25) is 4.79 Å². The molecule has 0 aliphatic heterocycles. The summed E-state index contributed by atoms with van der Waals surface area (Å²) in [5, 5.41) is 31.4. The van der Waals surface area contributed by atoms with E-state index in [2.05, 4.69) is 6.92 Å². The van der Waals surface area contributed by atoms with Crippen LogP contribution in [0.3, 0.4) is 0 Å². The van der Waals surface area contributed by atoms with Crippen molar-refractivity contribution in [2.45, 2.75) is 51.6 Å². The van der Waals surface area contributed by atoms with Gasteiger partial charge in [-0.15, -0.1) is 11.3 Å². The summed E-state index contributed by atoms with van der Waals surface area (Å²) in [4.78, 5) is 17.8. The van der Waals surface area contributed by atoms with Crippen molar-refractivity contribution in [3.63, 3.8) is 0 Å². The van der Waals surface area contributed by atoms with Gasteiger partial charge < -0.3 is 15.3 Å². The molecular formula is C22H27NO4S. The fraction of sp³-hybridized carbons (Fsp3) is 0.545. The van der Waals surface area contributed by atoms with Gasteiger partial charge in [0.25, 0.3) is 0 Å². The number of carboxylic acid groups (broad SMARTS) is 1. The average Bonchev–Trinajstić information content (AvgIpc) is 3.11. The molecule has 5 atom stereocenters. The Bertz CT molecular complexity index is 882. The van der Waals surface area contributed by atoms with Crippen LogP contribution >= 0.6 is 11.3 Å². The molecule has 0 amide bonds. The van der Waals surface area contributed by atoms with Gasteiger partial charge in [0, 0.05) is 21.8 Å². The number of aromatic nitrogens is 1. The maximum absolute atomic E-state index is 11.7. The van der Waals surface area contributed by atoms with Crippen LogP contribution in [0.15, 0.2) is 30.3 Å². The first-order chi connectivity index (χ1) is 13.3. The molecule has 28 heavy (non-hydrogen) atoms. The summed E-state index contributed by atoms with van der Waals surface area (Å²) < 4.78 is 0. The van der Waals surface area contributed by atoms with Crippen LogP contribution in [0.4, 0.5) is 0 Å². The lowest BCUT2D eigenvalue weighted by Crippen LogP contribution is -2.57. The van der Waals surface area contributed by atoms with Crippen LogP contribution in [0, 0.1) is 16.7 Å². The van der Waals surface area contributed by atoms with Gasteiger partial charge in [-0.2, -0.15) is 0 Å². The number of benzene rings is 1. The van der Waals surface area contributed by atoms with Crippen LogP contribution in [0.2, 0.25) is 0 Å². The zero-order chi connectivity index (χ0) is 20.1. The van der Waals surface area contributed by atoms with E-state index >= 15 is 0 Å². The van der Waals surface area contributed by atoms with Crippen molar-refractivity contribution in [2.75, 3.05) is 6.61 Å². The number of fused-ring (bicyclic) bond motifs is 2. The Labute approximate surface area is 169 Å². The van der Waals surface area contributed by atoms with Gasteiger partial charge in [-0.05, 0) is 30.6 Å². The Kier molecular flexibility index (Phi) is 4.84. The van der Waals surface area contributed by atoms with Crippen LogP contribution in [0.5, 0.6) is 0 Å². The first-order valence-electron chi connectivity index (χ1n) is 9.85. The lowest BCUT2D eigenvalue weighted by atomic mass is 9.47. The molecule has 2 aliphatic carbocycles. The highest BCUT2D eigenvalue weighted by molar-refractivity contribution is 7.15. The molecule has 4 rings (SSSR count). The van der Waals surface area contributed by atoms with Crippen molar-refractivity contribution in [1.29, 1.82) is 0 Å². The number of aliphatic hydroxyl groups is 2. The van der Waals surface area contributed by atoms with E-state index in [4.69, 9.17) is 4.98 Å². The maximum atomic E-state index is 11.7. The molecule has 0 spiro atoms. The largest absolute Gasteiger partial charge is 0.481 e. The second kappa shape index (κ2) is 6.94. The van der Waals surface area contributed by atoms with Crippen molar-refractivity contribution in [2.24, 2.45) is 16.7 Å². The second-order valence-corrected chi connectivity index (χ2v) is 9.91. The highest BCUT2D eigenvalue weighted by Crippen LogP contribution is 2.62. The normalized spacial score (nSPS) is 34.5. The van der Waals surface area contributed by atoms with E-state index in [1.165, 1.54) is 0 Å². The summed E-state index contributed by atoms with van der Waals surface area (Å²) >= 11 is 1.62. The quantitative estimate of drug-likeness (QED) is 0.727. The molecule has 2 aliphatic rings. The highest BCUT2D eigenvalue weighted by atomic mass is 32.1. The average molecular weight is 402 g/mol. The Morgan fingerprint density at radius 2 is 2.00 bits per heavy atom. The van der Waals surface area contributed by atoms with Gasteiger partial charge >= 0.3 is 5.97 Å². The van der Waals surface area contributed by atoms with Crippen LogP contribution in [0.1, 0.15) is 49.6 Å². The fourth-order valence-electron chi connectivity index (χ4n) is 5.52. The summed E-state index contributed by atoms with van der Waals surface area (Å²) in [6, 6.07) is 9.96. The molecule has 0 bridgehead atoms. The number of nitrogens with zero attached hydrogens (tertiary/aromatic N) is 1. The van der Waals surface area contributed by atoms with Gasteiger partial charge in [0.2, 0.25) is 0 Å². The summed E-state index contributed by atoms with van der Waals surface area (Å²) in [6.07, 6.45) is 1.48. The van der Waals surface area contributed by atoms with Crippen LogP contribution in [-0.4, -0.2) is 39.0 Å². The monoisotopic (exact) mass is 401 g/mol. The minimum Gasteiger partial charge on any atom is -0.481 e. The fourth-order valence-corrected chi connectivity index (χ4v) is 6.70. The molecule has 1 saturated carbocycles. The summed E-state index contributed by atoms with van der Waals surface area (Å²) in [7, 11) is 0. The van der Waals surface area contributed by atoms with Crippen molar-refractivity contribution < 1.29 is 20.1 Å². The number of hydrogen-bond acceptors (Lipinski definition) is 5. The third-order valence-corrected chi connectivity index (χ3v) is 8.44. The summed E-state index contributed by atoms with van der Waals surface area (Å²) in [6.45, 7) is 3.98. The van der Waals surface area contributed by atoms with E-state index in [-0.39, 0.29) is 30.3 Å². The number of hydrogen-bond donors (Lipinski definition) is 3. The number of thiazole rings is 1. The molecule has 6 heteroatoms. The molecule has 2 aromatic rings. The van der Waals surface area contributed by atoms with E-state index in [9.17, 15) is 20.1 Å². The molecule has 1 aromatic heterocycles. The van der Waals surface area contributed by atoms with Crippen molar-refractivity contribution in [3.8, 4) is 10.6 Å².